The summed E-state index contributed by atoms with van der Waals surface area (Å²) < 4.78 is 11.8. The summed E-state index contributed by atoms with van der Waals surface area (Å²) in [5.74, 6) is -0.675. The van der Waals surface area contributed by atoms with Crippen LogP contribution in [0, 0.1) is 5.41 Å². The summed E-state index contributed by atoms with van der Waals surface area (Å²) in [6.07, 6.45) is -0.510. The summed E-state index contributed by atoms with van der Waals surface area (Å²) in [6.45, 7) is 9.37. The first-order chi connectivity index (χ1) is 10.3. The SMILES string of the molecule is CCOC(=O)[C@@H]([Se]c1ccccc1)[C@@H](OC(C)=O)C(C)(C)C. The van der Waals surface area contributed by atoms with Gasteiger partial charge in [0.25, 0.3) is 0 Å². The molecule has 0 saturated carbocycles. The zero-order chi connectivity index (χ0) is 16.8. The van der Waals surface area contributed by atoms with E-state index in [1.807, 2.05) is 51.1 Å². The number of hydrogen-bond acceptors (Lipinski definition) is 4. The Hall–Kier alpha value is -1.32. The first kappa shape index (κ1) is 18.7. The summed E-state index contributed by atoms with van der Waals surface area (Å²) in [5.41, 5.74) is -0.348. The van der Waals surface area contributed by atoms with Gasteiger partial charge in [-0.1, -0.05) is 0 Å². The molecule has 0 bridgehead atoms. The van der Waals surface area contributed by atoms with Crippen molar-refractivity contribution in [3.05, 3.63) is 30.3 Å². The first-order valence-electron chi connectivity index (χ1n) is 7.31. The fourth-order valence-electron chi connectivity index (χ4n) is 1.98. The van der Waals surface area contributed by atoms with Gasteiger partial charge in [-0.2, -0.15) is 0 Å². The first-order valence-corrected chi connectivity index (χ1v) is 9.15. The number of benzene rings is 1. The van der Waals surface area contributed by atoms with Gasteiger partial charge in [-0.15, -0.1) is 0 Å². The molecule has 0 N–H and O–H groups in total. The molecule has 0 aliphatic heterocycles. The van der Waals surface area contributed by atoms with Gasteiger partial charge in [-0.3, -0.25) is 0 Å². The molecule has 0 radical (unpaired) electrons. The molecule has 0 saturated heterocycles. The van der Waals surface area contributed by atoms with Crippen LogP contribution in [-0.2, 0) is 19.1 Å². The average molecular weight is 371 g/mol. The van der Waals surface area contributed by atoms with Crippen LogP contribution in [-0.4, -0.2) is 39.6 Å². The molecule has 0 heterocycles. The molecular weight excluding hydrogens is 347 g/mol. The Morgan fingerprint density at radius 3 is 2.23 bits per heavy atom. The molecule has 0 aliphatic rings. The molecular formula is C17H24O4Se. The predicted octanol–water partition coefficient (Wildman–Crippen LogP) is 2.35. The van der Waals surface area contributed by atoms with Crippen molar-refractivity contribution in [1.82, 2.24) is 0 Å². The second-order valence-electron chi connectivity index (χ2n) is 6.00. The standard InChI is InChI=1S/C17H24O4Se/c1-6-20-16(19)14(22-13-10-8-7-9-11-13)15(17(3,4)5)21-12(2)18/h7-11,14-15H,6H2,1-5H3/t14-,15+/m0/s1. The van der Waals surface area contributed by atoms with E-state index in [9.17, 15) is 9.59 Å². The molecule has 5 heteroatoms. The average Bonchev–Trinajstić information content (AvgIpc) is 2.42. The van der Waals surface area contributed by atoms with Crippen molar-refractivity contribution in [2.45, 2.75) is 45.5 Å². The summed E-state index contributed by atoms with van der Waals surface area (Å²) in [5, 5.41) is 0. The van der Waals surface area contributed by atoms with Crippen LogP contribution in [0.3, 0.4) is 0 Å². The molecule has 122 valence electrons. The minimum absolute atomic E-state index is 0.180. The van der Waals surface area contributed by atoms with Crippen molar-refractivity contribution in [3.8, 4) is 0 Å². The van der Waals surface area contributed by atoms with Gasteiger partial charge < -0.3 is 0 Å². The van der Waals surface area contributed by atoms with Crippen molar-refractivity contribution in [2.24, 2.45) is 5.41 Å². The molecule has 0 fully saturated rings. The van der Waals surface area contributed by atoms with E-state index in [4.69, 9.17) is 9.47 Å². The predicted molar refractivity (Wildman–Crippen MR) is 87.2 cm³/mol. The molecule has 1 aromatic rings. The Kier molecular flexibility index (Phi) is 7.11. The topological polar surface area (TPSA) is 52.6 Å². The Labute approximate surface area is 138 Å². The van der Waals surface area contributed by atoms with Gasteiger partial charge in [0.1, 0.15) is 0 Å². The van der Waals surface area contributed by atoms with Crippen LogP contribution in [0.15, 0.2) is 30.3 Å². The number of ether oxygens (including phenoxy) is 2. The number of rotatable bonds is 6. The van der Waals surface area contributed by atoms with Crippen molar-refractivity contribution in [2.75, 3.05) is 6.61 Å². The zero-order valence-electron chi connectivity index (χ0n) is 13.8. The van der Waals surface area contributed by atoms with E-state index >= 15 is 0 Å². The molecule has 0 spiro atoms. The molecule has 0 aromatic heterocycles. The van der Waals surface area contributed by atoms with Gasteiger partial charge in [0, 0.05) is 0 Å². The van der Waals surface area contributed by atoms with E-state index in [2.05, 4.69) is 0 Å². The van der Waals surface area contributed by atoms with Crippen molar-refractivity contribution < 1.29 is 19.1 Å². The van der Waals surface area contributed by atoms with Crippen LogP contribution in [0.1, 0.15) is 34.6 Å². The fraction of sp³-hybridized carbons (Fsp3) is 0.529. The Bertz CT molecular complexity index is 493. The Morgan fingerprint density at radius 2 is 1.77 bits per heavy atom. The molecule has 0 unspecified atom stereocenters. The quantitative estimate of drug-likeness (QED) is 0.569. The fourth-order valence-corrected chi connectivity index (χ4v) is 4.83. The summed E-state index contributed by atoms with van der Waals surface area (Å²) in [4.78, 5) is 23.4. The molecule has 1 rings (SSSR count). The third-order valence-electron chi connectivity index (χ3n) is 2.95. The van der Waals surface area contributed by atoms with Gasteiger partial charge in [0.05, 0.1) is 0 Å². The van der Waals surface area contributed by atoms with E-state index in [1.165, 1.54) is 6.92 Å². The minimum atomic E-state index is -0.510. The van der Waals surface area contributed by atoms with Crippen LogP contribution >= 0.6 is 0 Å². The van der Waals surface area contributed by atoms with Gasteiger partial charge in [0.2, 0.25) is 0 Å². The third-order valence-corrected chi connectivity index (χ3v) is 5.54. The molecule has 1 aromatic carbocycles. The molecule has 0 aliphatic carbocycles. The summed E-state index contributed by atoms with van der Waals surface area (Å²) in [7, 11) is 0. The Balaban J connectivity index is 3.09. The van der Waals surface area contributed by atoms with Crippen LogP contribution in [0.4, 0.5) is 0 Å². The monoisotopic (exact) mass is 372 g/mol. The van der Waals surface area contributed by atoms with Crippen LogP contribution < -0.4 is 4.46 Å². The zero-order valence-corrected chi connectivity index (χ0v) is 15.5. The van der Waals surface area contributed by atoms with Crippen molar-refractivity contribution in [3.63, 3.8) is 0 Å². The summed E-state index contributed by atoms with van der Waals surface area (Å²) >= 11 is -0.180. The maximum absolute atomic E-state index is 12.4. The van der Waals surface area contributed by atoms with E-state index in [0.717, 1.165) is 4.46 Å². The number of hydrogen-bond donors (Lipinski definition) is 0. The van der Waals surface area contributed by atoms with E-state index < -0.39 is 10.9 Å². The van der Waals surface area contributed by atoms with Crippen molar-refractivity contribution >= 4 is 31.4 Å². The molecule has 22 heavy (non-hydrogen) atoms. The van der Waals surface area contributed by atoms with Gasteiger partial charge in [-0.05, 0) is 0 Å². The van der Waals surface area contributed by atoms with E-state index in [1.54, 1.807) is 6.92 Å². The van der Waals surface area contributed by atoms with E-state index in [0.29, 0.717) is 6.61 Å². The molecule has 2 atom stereocenters. The van der Waals surface area contributed by atoms with E-state index in [-0.39, 0.29) is 32.3 Å². The van der Waals surface area contributed by atoms with Gasteiger partial charge in [0.15, 0.2) is 0 Å². The van der Waals surface area contributed by atoms with Gasteiger partial charge >= 0.3 is 138 Å². The third kappa shape index (κ3) is 5.82. The second kappa shape index (κ2) is 8.35. The van der Waals surface area contributed by atoms with Crippen molar-refractivity contribution in [1.29, 1.82) is 0 Å². The van der Waals surface area contributed by atoms with Crippen LogP contribution in [0.2, 0.25) is 4.82 Å². The van der Waals surface area contributed by atoms with Gasteiger partial charge in [-0.25, -0.2) is 0 Å². The summed E-state index contributed by atoms with van der Waals surface area (Å²) in [6, 6.07) is 9.79. The van der Waals surface area contributed by atoms with Crippen LogP contribution in [0.5, 0.6) is 0 Å². The number of carbonyl (C=O) groups is 2. The van der Waals surface area contributed by atoms with Crippen LogP contribution in [0.25, 0.3) is 0 Å². The molecule has 4 nitrogen and oxygen atoms in total. The normalized spacial score (nSPS) is 14.0. The second-order valence-corrected chi connectivity index (χ2v) is 8.55. The Morgan fingerprint density at radius 1 is 1.18 bits per heavy atom. The maximum atomic E-state index is 12.4. The number of esters is 2. The molecule has 0 amide bonds. The number of carbonyl (C=O) groups excluding carboxylic acids is 2.